The van der Waals surface area contributed by atoms with E-state index in [4.69, 9.17) is 0 Å². The van der Waals surface area contributed by atoms with Gasteiger partial charge in [-0.25, -0.2) is 0 Å². The molecule has 0 aromatic rings. The molecule has 1 saturated heterocycles. The molecule has 2 fully saturated rings. The Kier molecular flexibility index (Phi) is 6.70. The number of thioether (sulfide) groups is 1. The monoisotopic (exact) mass is 298 g/mol. The van der Waals surface area contributed by atoms with Gasteiger partial charge in [0, 0.05) is 37.0 Å². The SMILES string of the molecule is CCSCCN1CC(C(C)CC)NCC12CCCCC2. The lowest BCUT2D eigenvalue weighted by molar-refractivity contribution is 0.00538. The molecule has 1 aliphatic heterocycles. The summed E-state index contributed by atoms with van der Waals surface area (Å²) in [5, 5.41) is 3.90. The molecule has 0 amide bonds. The molecule has 0 aromatic heterocycles. The molecular formula is C17H34N2S. The fourth-order valence-electron chi connectivity index (χ4n) is 3.94. The van der Waals surface area contributed by atoms with Crippen molar-refractivity contribution >= 4 is 11.8 Å². The molecule has 0 radical (unpaired) electrons. The van der Waals surface area contributed by atoms with E-state index >= 15 is 0 Å². The summed E-state index contributed by atoms with van der Waals surface area (Å²) in [7, 11) is 0. The molecule has 20 heavy (non-hydrogen) atoms. The van der Waals surface area contributed by atoms with Crippen molar-refractivity contribution in [2.75, 3.05) is 31.1 Å². The van der Waals surface area contributed by atoms with Crippen molar-refractivity contribution in [3.8, 4) is 0 Å². The van der Waals surface area contributed by atoms with E-state index in [1.807, 2.05) is 0 Å². The number of nitrogens with zero attached hydrogens (tertiary/aromatic N) is 1. The van der Waals surface area contributed by atoms with Gasteiger partial charge in [-0.3, -0.25) is 4.90 Å². The molecule has 1 N–H and O–H groups in total. The second kappa shape index (κ2) is 8.05. The third kappa shape index (κ3) is 3.92. The summed E-state index contributed by atoms with van der Waals surface area (Å²) in [4.78, 5) is 2.88. The normalized spacial score (nSPS) is 28.6. The molecule has 2 nitrogen and oxygen atoms in total. The Bertz CT molecular complexity index is 276. The van der Waals surface area contributed by atoms with Crippen LogP contribution in [-0.4, -0.2) is 47.6 Å². The first-order chi connectivity index (χ1) is 9.72. The van der Waals surface area contributed by atoms with Gasteiger partial charge in [0.25, 0.3) is 0 Å². The highest BCUT2D eigenvalue weighted by Crippen LogP contribution is 2.36. The summed E-state index contributed by atoms with van der Waals surface area (Å²) in [5.41, 5.74) is 0.497. The van der Waals surface area contributed by atoms with E-state index < -0.39 is 0 Å². The van der Waals surface area contributed by atoms with Gasteiger partial charge in [-0.1, -0.05) is 46.5 Å². The van der Waals surface area contributed by atoms with Gasteiger partial charge in [0.15, 0.2) is 0 Å². The minimum absolute atomic E-state index is 0.497. The zero-order valence-electron chi connectivity index (χ0n) is 13.8. The number of hydrogen-bond donors (Lipinski definition) is 1. The Morgan fingerprint density at radius 3 is 2.65 bits per heavy atom. The van der Waals surface area contributed by atoms with Crippen molar-refractivity contribution < 1.29 is 0 Å². The van der Waals surface area contributed by atoms with E-state index in [9.17, 15) is 0 Å². The average molecular weight is 299 g/mol. The number of piperazine rings is 1. The Balaban J connectivity index is 1.99. The van der Waals surface area contributed by atoms with Gasteiger partial charge < -0.3 is 5.32 Å². The lowest BCUT2D eigenvalue weighted by atomic mass is 9.77. The van der Waals surface area contributed by atoms with E-state index in [1.165, 1.54) is 69.7 Å². The van der Waals surface area contributed by atoms with Gasteiger partial charge in [-0.15, -0.1) is 0 Å². The van der Waals surface area contributed by atoms with E-state index in [-0.39, 0.29) is 0 Å². The van der Waals surface area contributed by atoms with Crippen LogP contribution in [0.1, 0.15) is 59.3 Å². The molecule has 1 spiro atoms. The molecule has 0 aromatic carbocycles. The molecular weight excluding hydrogens is 264 g/mol. The van der Waals surface area contributed by atoms with E-state index in [2.05, 4.69) is 42.7 Å². The predicted octanol–water partition coefficient (Wildman–Crippen LogP) is 3.76. The average Bonchev–Trinajstić information content (AvgIpc) is 2.49. The minimum atomic E-state index is 0.497. The first-order valence-corrected chi connectivity index (χ1v) is 9.93. The molecule has 3 heteroatoms. The van der Waals surface area contributed by atoms with Crippen LogP contribution in [0.5, 0.6) is 0 Å². The summed E-state index contributed by atoms with van der Waals surface area (Å²) >= 11 is 2.10. The van der Waals surface area contributed by atoms with Crippen LogP contribution >= 0.6 is 11.8 Å². The first-order valence-electron chi connectivity index (χ1n) is 8.78. The largest absolute Gasteiger partial charge is 0.311 e. The van der Waals surface area contributed by atoms with Crippen molar-refractivity contribution in [3.05, 3.63) is 0 Å². The molecule has 0 bridgehead atoms. The van der Waals surface area contributed by atoms with Crippen molar-refractivity contribution in [1.82, 2.24) is 10.2 Å². The maximum absolute atomic E-state index is 3.90. The smallest absolute Gasteiger partial charge is 0.0335 e. The van der Waals surface area contributed by atoms with Crippen LogP contribution in [0.2, 0.25) is 0 Å². The maximum Gasteiger partial charge on any atom is 0.0335 e. The van der Waals surface area contributed by atoms with Crippen LogP contribution in [0, 0.1) is 5.92 Å². The Labute approximate surface area is 130 Å². The van der Waals surface area contributed by atoms with Gasteiger partial charge in [-0.2, -0.15) is 11.8 Å². The molecule has 118 valence electrons. The maximum atomic E-state index is 3.90. The molecule has 2 unspecified atom stereocenters. The number of rotatable bonds is 6. The van der Waals surface area contributed by atoms with Crippen molar-refractivity contribution in [3.63, 3.8) is 0 Å². The van der Waals surface area contributed by atoms with Gasteiger partial charge >= 0.3 is 0 Å². The highest BCUT2D eigenvalue weighted by atomic mass is 32.2. The van der Waals surface area contributed by atoms with Crippen LogP contribution in [0.15, 0.2) is 0 Å². The van der Waals surface area contributed by atoms with Crippen molar-refractivity contribution in [1.29, 1.82) is 0 Å². The van der Waals surface area contributed by atoms with Crippen molar-refractivity contribution in [2.24, 2.45) is 5.92 Å². The topological polar surface area (TPSA) is 15.3 Å². The molecule has 2 rings (SSSR count). The van der Waals surface area contributed by atoms with Crippen LogP contribution in [0.4, 0.5) is 0 Å². The van der Waals surface area contributed by atoms with Crippen LogP contribution in [0.25, 0.3) is 0 Å². The second-order valence-corrected chi connectivity index (χ2v) is 8.19. The minimum Gasteiger partial charge on any atom is -0.311 e. The van der Waals surface area contributed by atoms with Gasteiger partial charge in [0.2, 0.25) is 0 Å². The number of hydrogen-bond acceptors (Lipinski definition) is 3. The van der Waals surface area contributed by atoms with Gasteiger partial charge in [0.05, 0.1) is 0 Å². The second-order valence-electron chi connectivity index (χ2n) is 6.80. The summed E-state index contributed by atoms with van der Waals surface area (Å²) in [6, 6.07) is 0.708. The quantitative estimate of drug-likeness (QED) is 0.752. The predicted molar refractivity (Wildman–Crippen MR) is 91.6 cm³/mol. The first kappa shape index (κ1) is 16.6. The summed E-state index contributed by atoms with van der Waals surface area (Å²) < 4.78 is 0. The van der Waals surface area contributed by atoms with Crippen LogP contribution in [0.3, 0.4) is 0 Å². The molecule has 1 aliphatic carbocycles. The highest BCUT2D eigenvalue weighted by molar-refractivity contribution is 7.99. The lowest BCUT2D eigenvalue weighted by Crippen LogP contribution is -2.66. The third-order valence-corrected chi connectivity index (χ3v) is 6.49. The van der Waals surface area contributed by atoms with E-state index in [1.54, 1.807) is 0 Å². The van der Waals surface area contributed by atoms with Crippen molar-refractivity contribution in [2.45, 2.75) is 70.9 Å². The highest BCUT2D eigenvalue weighted by Gasteiger charge is 2.42. The summed E-state index contributed by atoms with van der Waals surface area (Å²) in [6.45, 7) is 10.8. The Morgan fingerprint density at radius 1 is 1.25 bits per heavy atom. The van der Waals surface area contributed by atoms with Crippen LogP contribution in [-0.2, 0) is 0 Å². The van der Waals surface area contributed by atoms with Gasteiger partial charge in [0.1, 0.15) is 0 Å². The molecule has 2 aliphatic rings. The van der Waals surface area contributed by atoms with E-state index in [0.29, 0.717) is 11.6 Å². The summed E-state index contributed by atoms with van der Waals surface area (Å²) in [5.74, 6) is 3.37. The fraction of sp³-hybridized carbons (Fsp3) is 1.00. The number of nitrogens with one attached hydrogen (secondary N) is 1. The van der Waals surface area contributed by atoms with Gasteiger partial charge in [-0.05, 0) is 24.5 Å². The molecule has 2 atom stereocenters. The summed E-state index contributed by atoms with van der Waals surface area (Å²) in [6.07, 6.45) is 8.46. The Morgan fingerprint density at radius 2 is 2.00 bits per heavy atom. The molecule has 1 heterocycles. The zero-order chi connectivity index (χ0) is 14.4. The fourth-order valence-corrected chi connectivity index (χ4v) is 4.58. The third-order valence-electron chi connectivity index (χ3n) is 5.61. The zero-order valence-corrected chi connectivity index (χ0v) is 14.6. The molecule has 1 saturated carbocycles. The van der Waals surface area contributed by atoms with Crippen LogP contribution < -0.4 is 5.32 Å². The standard InChI is InChI=1S/C17H34N2S/c1-4-15(3)16-13-19(11-12-20-5-2)17(14-18-16)9-7-6-8-10-17/h15-16,18H,4-14H2,1-3H3. The van der Waals surface area contributed by atoms with E-state index in [0.717, 1.165) is 5.92 Å². The Hall–Kier alpha value is 0.270. The lowest BCUT2D eigenvalue weighted by Gasteiger charge is -2.53.